The molecule has 2 aliphatic carbocycles. The Kier molecular flexibility index (Phi) is 5.05. The van der Waals surface area contributed by atoms with E-state index >= 15 is 0 Å². The van der Waals surface area contributed by atoms with Gasteiger partial charge in [0, 0.05) is 11.4 Å². The van der Waals surface area contributed by atoms with E-state index in [-0.39, 0.29) is 11.1 Å². The minimum atomic E-state index is -0.115. The van der Waals surface area contributed by atoms with Crippen molar-refractivity contribution in [2.75, 3.05) is 0 Å². The highest BCUT2D eigenvalue weighted by Crippen LogP contribution is 2.17. The third-order valence-corrected chi connectivity index (χ3v) is 4.71. The van der Waals surface area contributed by atoms with Gasteiger partial charge in [-0.1, -0.05) is 0 Å². The second-order valence-corrected chi connectivity index (χ2v) is 6.62. The monoisotopic (exact) mass is 378 g/mol. The van der Waals surface area contributed by atoms with E-state index in [9.17, 15) is 9.59 Å². The van der Waals surface area contributed by atoms with Crippen LogP contribution in [0.1, 0.15) is 48.5 Å². The van der Waals surface area contributed by atoms with Gasteiger partial charge in [-0.2, -0.15) is 0 Å². The topological polar surface area (TPSA) is 91.5 Å². The summed E-state index contributed by atoms with van der Waals surface area (Å²) in [6, 6.07) is 0. The lowest BCUT2D eigenvalue weighted by atomic mass is 10.0. The predicted octanol–water partition coefficient (Wildman–Crippen LogP) is 2.06. The molecule has 0 fully saturated rings. The van der Waals surface area contributed by atoms with E-state index in [2.05, 4.69) is 35.9 Å². The van der Waals surface area contributed by atoms with Crippen LogP contribution in [-0.2, 0) is 25.7 Å². The fourth-order valence-corrected chi connectivity index (χ4v) is 3.30. The molecule has 0 radical (unpaired) electrons. The molecule has 122 valence electrons. The van der Waals surface area contributed by atoms with Crippen LogP contribution < -0.4 is 11.1 Å². The van der Waals surface area contributed by atoms with E-state index in [4.69, 9.17) is 0 Å². The molecule has 2 aromatic rings. The van der Waals surface area contributed by atoms with E-state index in [0.29, 0.717) is 4.60 Å². The van der Waals surface area contributed by atoms with Crippen LogP contribution in [0.25, 0.3) is 0 Å². The third-order valence-electron chi connectivity index (χ3n) is 4.17. The number of nitrogens with one attached hydrogen (secondary N) is 2. The maximum atomic E-state index is 11.1. The number of H-pyrrole nitrogens is 2. The van der Waals surface area contributed by atoms with Gasteiger partial charge < -0.3 is 9.97 Å². The average Bonchev–Trinajstić information content (AvgIpc) is 2.56. The fraction of sp³-hybridized carbons (Fsp3) is 0.500. The number of fused-ring (bicyclic) bond motifs is 2. The molecular formula is C16H19BrN4O2. The number of aryl methyl sites for hydroxylation is 4. The second-order valence-electron chi connectivity index (χ2n) is 5.87. The van der Waals surface area contributed by atoms with Crippen molar-refractivity contribution in [3.05, 3.63) is 54.3 Å². The van der Waals surface area contributed by atoms with Crippen LogP contribution in [-0.4, -0.2) is 19.9 Å². The Balaban J connectivity index is 0.000000136. The van der Waals surface area contributed by atoms with Gasteiger partial charge in [0.15, 0.2) is 4.60 Å². The summed E-state index contributed by atoms with van der Waals surface area (Å²) in [4.78, 5) is 35.9. The van der Waals surface area contributed by atoms with Crippen LogP contribution in [0.5, 0.6) is 0 Å². The zero-order chi connectivity index (χ0) is 16.2. The summed E-state index contributed by atoms with van der Waals surface area (Å²) in [5, 5.41) is 0. The first kappa shape index (κ1) is 16.1. The lowest BCUT2D eigenvalue weighted by Gasteiger charge is -2.13. The number of rotatable bonds is 0. The zero-order valence-corrected chi connectivity index (χ0v) is 14.4. The van der Waals surface area contributed by atoms with Gasteiger partial charge in [0.2, 0.25) is 0 Å². The number of hydrogen-bond acceptors (Lipinski definition) is 4. The van der Waals surface area contributed by atoms with Crippen LogP contribution >= 0.6 is 15.9 Å². The van der Waals surface area contributed by atoms with Crippen molar-refractivity contribution in [3.63, 3.8) is 0 Å². The van der Waals surface area contributed by atoms with Crippen molar-refractivity contribution in [1.29, 1.82) is 0 Å². The molecule has 2 N–H and O–H groups in total. The van der Waals surface area contributed by atoms with E-state index in [1.807, 2.05) is 0 Å². The first-order valence-electron chi connectivity index (χ1n) is 7.98. The summed E-state index contributed by atoms with van der Waals surface area (Å²) in [6.07, 6.45) is 10.0. The molecule has 0 saturated heterocycles. The summed E-state index contributed by atoms with van der Waals surface area (Å²) in [5.41, 5.74) is 4.00. The molecule has 0 unspecified atom stereocenters. The lowest BCUT2D eigenvalue weighted by molar-refractivity contribution is 0.643. The maximum absolute atomic E-state index is 11.1. The first-order valence-corrected chi connectivity index (χ1v) is 8.77. The molecule has 2 heterocycles. The minimum absolute atomic E-state index is 0.0781. The lowest BCUT2D eigenvalue weighted by Crippen LogP contribution is -2.18. The number of aromatic nitrogens is 4. The molecule has 0 saturated carbocycles. The van der Waals surface area contributed by atoms with Crippen LogP contribution in [0.2, 0.25) is 0 Å². The van der Waals surface area contributed by atoms with E-state index < -0.39 is 0 Å². The van der Waals surface area contributed by atoms with Gasteiger partial charge in [-0.25, -0.2) is 4.98 Å². The van der Waals surface area contributed by atoms with Gasteiger partial charge in [-0.3, -0.25) is 14.6 Å². The Hall–Kier alpha value is -1.76. The van der Waals surface area contributed by atoms with Gasteiger partial charge >= 0.3 is 0 Å². The Morgan fingerprint density at radius 2 is 1.48 bits per heavy atom. The smallest absolute Gasteiger partial charge is 0.281 e. The van der Waals surface area contributed by atoms with Crippen LogP contribution in [0.3, 0.4) is 0 Å². The molecule has 2 aliphatic rings. The van der Waals surface area contributed by atoms with E-state index in [1.165, 1.54) is 25.5 Å². The average molecular weight is 379 g/mol. The molecule has 23 heavy (non-hydrogen) atoms. The summed E-state index contributed by atoms with van der Waals surface area (Å²) >= 11 is 3.12. The number of hydrogen-bond donors (Lipinski definition) is 2. The zero-order valence-electron chi connectivity index (χ0n) is 12.8. The van der Waals surface area contributed by atoms with Crippen molar-refractivity contribution in [2.24, 2.45) is 0 Å². The van der Waals surface area contributed by atoms with Gasteiger partial charge in [-0.15, -0.1) is 0 Å². The molecule has 0 aliphatic heterocycles. The molecule has 0 amide bonds. The second kappa shape index (κ2) is 7.21. The Morgan fingerprint density at radius 1 is 0.870 bits per heavy atom. The summed E-state index contributed by atoms with van der Waals surface area (Å²) in [6.45, 7) is 0. The van der Waals surface area contributed by atoms with Crippen molar-refractivity contribution in [1.82, 2.24) is 19.9 Å². The summed E-state index contributed by atoms with van der Waals surface area (Å²) in [5.74, 6) is 0. The minimum Gasteiger partial charge on any atom is -0.323 e. The molecule has 0 atom stereocenters. The van der Waals surface area contributed by atoms with Gasteiger partial charge in [0.25, 0.3) is 11.1 Å². The van der Waals surface area contributed by atoms with Crippen molar-refractivity contribution in [2.45, 2.75) is 51.4 Å². The predicted molar refractivity (Wildman–Crippen MR) is 90.7 cm³/mol. The molecular weight excluding hydrogens is 360 g/mol. The highest BCUT2D eigenvalue weighted by molar-refractivity contribution is 9.10. The highest BCUT2D eigenvalue weighted by Gasteiger charge is 2.12. The van der Waals surface area contributed by atoms with Crippen molar-refractivity contribution in [3.8, 4) is 0 Å². The molecule has 0 spiro atoms. The first-order chi connectivity index (χ1) is 11.1. The molecule has 2 aromatic heterocycles. The number of aromatic amines is 2. The summed E-state index contributed by atoms with van der Waals surface area (Å²) in [7, 11) is 0. The molecule has 0 aromatic carbocycles. The van der Waals surface area contributed by atoms with Crippen LogP contribution in [0, 0.1) is 0 Å². The molecule has 6 nitrogen and oxygen atoms in total. The number of halogens is 1. The van der Waals surface area contributed by atoms with Crippen molar-refractivity contribution >= 4 is 15.9 Å². The fourth-order valence-electron chi connectivity index (χ4n) is 2.99. The normalized spacial score (nSPS) is 15.9. The third kappa shape index (κ3) is 3.96. The van der Waals surface area contributed by atoms with Crippen LogP contribution in [0.4, 0.5) is 0 Å². The highest BCUT2D eigenvalue weighted by atomic mass is 79.9. The Bertz CT molecular complexity index is 812. The molecule has 7 heteroatoms. The number of nitrogens with zero attached hydrogens (tertiary/aromatic N) is 2. The molecule has 0 bridgehead atoms. The summed E-state index contributed by atoms with van der Waals surface area (Å²) < 4.78 is 0.406. The molecule has 4 rings (SSSR count). The van der Waals surface area contributed by atoms with Crippen LogP contribution in [0.15, 0.2) is 20.4 Å². The van der Waals surface area contributed by atoms with E-state index in [0.717, 1.165) is 54.9 Å². The van der Waals surface area contributed by atoms with Gasteiger partial charge in [0.05, 0.1) is 17.6 Å². The largest absolute Gasteiger partial charge is 0.323 e. The SMILES string of the molecule is O=c1[nH]c2c(nc1Br)CCCC2.O=c1cnc2c([nH]1)CCCC2. The quantitative estimate of drug-likeness (QED) is 0.733. The maximum Gasteiger partial charge on any atom is 0.281 e. The van der Waals surface area contributed by atoms with Gasteiger partial charge in [-0.05, 0) is 67.3 Å². The Labute approximate surface area is 141 Å². The Morgan fingerprint density at radius 3 is 2.22 bits per heavy atom. The van der Waals surface area contributed by atoms with Crippen molar-refractivity contribution < 1.29 is 0 Å². The van der Waals surface area contributed by atoms with Gasteiger partial charge in [0.1, 0.15) is 0 Å². The standard InChI is InChI=1S/C8H9BrN2O.C8H10N2O/c9-7-8(12)11-6-4-2-1-3-5(6)10-7;11-8-5-9-6-3-1-2-4-7(6)10-8/h1-4H2,(H,11,12);5H,1-4H2,(H,10,11). The van der Waals surface area contributed by atoms with E-state index in [1.54, 1.807) is 0 Å².